The average molecular weight is 330 g/mol. The molecular weight excluding hydrogens is 308 g/mol. The second kappa shape index (κ2) is 7.17. The standard InChI is InChI=1S/C17H22N4OS/c1-21(17(22)13-8-6-10-18-16(13)23-2)11-15-12-7-4-3-5-9-14(12)19-20-15/h6,8,10H,3-5,7,9,11H2,1-2H3,(H,19,20). The highest BCUT2D eigenvalue weighted by atomic mass is 32.2. The summed E-state index contributed by atoms with van der Waals surface area (Å²) in [5.74, 6) is -0.00665. The van der Waals surface area contributed by atoms with Crippen molar-refractivity contribution in [2.45, 2.75) is 43.7 Å². The second-order valence-electron chi connectivity index (χ2n) is 5.91. The van der Waals surface area contributed by atoms with Crippen molar-refractivity contribution in [2.75, 3.05) is 13.3 Å². The lowest BCUT2D eigenvalue weighted by atomic mass is 10.1. The molecule has 0 unspecified atom stereocenters. The maximum Gasteiger partial charge on any atom is 0.256 e. The Kier molecular flexibility index (Phi) is 5.00. The molecule has 0 saturated heterocycles. The van der Waals surface area contributed by atoms with E-state index >= 15 is 0 Å². The Morgan fingerprint density at radius 3 is 3.00 bits per heavy atom. The lowest BCUT2D eigenvalue weighted by Crippen LogP contribution is -2.27. The molecule has 0 fully saturated rings. The number of hydrogen-bond acceptors (Lipinski definition) is 4. The monoisotopic (exact) mass is 330 g/mol. The molecule has 0 aromatic carbocycles. The van der Waals surface area contributed by atoms with Crippen LogP contribution in [0.25, 0.3) is 0 Å². The van der Waals surface area contributed by atoms with Crippen LogP contribution in [0.1, 0.15) is 46.6 Å². The van der Waals surface area contributed by atoms with Crippen LogP contribution in [0.3, 0.4) is 0 Å². The molecule has 23 heavy (non-hydrogen) atoms. The Labute approximate surface area is 140 Å². The van der Waals surface area contributed by atoms with Crippen LogP contribution in [0.15, 0.2) is 23.4 Å². The molecule has 1 amide bonds. The summed E-state index contributed by atoms with van der Waals surface area (Å²) in [5, 5.41) is 8.40. The topological polar surface area (TPSA) is 61.9 Å². The molecular formula is C17H22N4OS. The number of aromatic nitrogens is 3. The van der Waals surface area contributed by atoms with Gasteiger partial charge in [-0.3, -0.25) is 9.89 Å². The first-order valence-electron chi connectivity index (χ1n) is 8.00. The molecule has 1 aliphatic carbocycles. The number of rotatable bonds is 4. The van der Waals surface area contributed by atoms with Crippen LogP contribution < -0.4 is 0 Å². The SMILES string of the molecule is CSc1ncccc1C(=O)N(C)Cc1n[nH]c2c1CCCCC2. The first-order valence-corrected chi connectivity index (χ1v) is 9.22. The zero-order chi connectivity index (χ0) is 16.2. The van der Waals surface area contributed by atoms with Crippen molar-refractivity contribution in [3.63, 3.8) is 0 Å². The van der Waals surface area contributed by atoms with Crippen molar-refractivity contribution in [2.24, 2.45) is 0 Å². The maximum atomic E-state index is 12.7. The van der Waals surface area contributed by atoms with Crippen molar-refractivity contribution in [1.29, 1.82) is 0 Å². The van der Waals surface area contributed by atoms with Crippen molar-refractivity contribution >= 4 is 17.7 Å². The van der Waals surface area contributed by atoms with Crippen LogP contribution in [-0.4, -0.2) is 39.3 Å². The van der Waals surface area contributed by atoms with Crippen LogP contribution in [0.2, 0.25) is 0 Å². The van der Waals surface area contributed by atoms with Gasteiger partial charge in [-0.05, 0) is 49.6 Å². The smallest absolute Gasteiger partial charge is 0.256 e. The van der Waals surface area contributed by atoms with E-state index in [0.717, 1.165) is 23.6 Å². The second-order valence-corrected chi connectivity index (χ2v) is 6.70. The normalized spacial score (nSPS) is 14.2. The predicted octanol–water partition coefficient (Wildman–Crippen LogP) is 3.07. The van der Waals surface area contributed by atoms with E-state index in [1.807, 2.05) is 19.4 Å². The van der Waals surface area contributed by atoms with Gasteiger partial charge in [-0.2, -0.15) is 5.10 Å². The van der Waals surface area contributed by atoms with Crippen LogP contribution in [0.4, 0.5) is 0 Å². The molecule has 2 aromatic rings. The lowest BCUT2D eigenvalue weighted by molar-refractivity contribution is 0.0779. The summed E-state index contributed by atoms with van der Waals surface area (Å²) in [6.07, 6.45) is 9.48. The van der Waals surface area contributed by atoms with Gasteiger partial charge in [-0.25, -0.2) is 4.98 Å². The van der Waals surface area contributed by atoms with Crippen LogP contribution in [0.5, 0.6) is 0 Å². The molecule has 0 saturated carbocycles. The molecule has 2 aromatic heterocycles. The van der Waals surface area contributed by atoms with E-state index in [0.29, 0.717) is 12.1 Å². The number of carbonyl (C=O) groups excluding carboxylic acids is 1. The minimum Gasteiger partial charge on any atom is -0.336 e. The summed E-state index contributed by atoms with van der Waals surface area (Å²) in [6.45, 7) is 0.535. The minimum atomic E-state index is -0.00665. The largest absolute Gasteiger partial charge is 0.336 e. The highest BCUT2D eigenvalue weighted by Crippen LogP contribution is 2.23. The fourth-order valence-corrected chi connectivity index (χ4v) is 3.62. The number of H-pyrrole nitrogens is 1. The van der Waals surface area contributed by atoms with Crippen LogP contribution in [-0.2, 0) is 19.4 Å². The third-order valence-electron chi connectivity index (χ3n) is 4.32. The third-order valence-corrected chi connectivity index (χ3v) is 5.03. The number of aromatic amines is 1. The summed E-state index contributed by atoms with van der Waals surface area (Å²) in [5.41, 5.74) is 4.24. The fraction of sp³-hybridized carbons (Fsp3) is 0.471. The third kappa shape index (κ3) is 3.42. The summed E-state index contributed by atoms with van der Waals surface area (Å²) in [7, 11) is 1.83. The molecule has 0 radical (unpaired) electrons. The van der Waals surface area contributed by atoms with Gasteiger partial charge in [-0.15, -0.1) is 11.8 Å². The van der Waals surface area contributed by atoms with E-state index in [4.69, 9.17) is 0 Å². The van der Waals surface area contributed by atoms with E-state index in [1.165, 1.54) is 42.3 Å². The zero-order valence-electron chi connectivity index (χ0n) is 13.6. The Morgan fingerprint density at radius 1 is 1.35 bits per heavy atom. The Morgan fingerprint density at radius 2 is 2.17 bits per heavy atom. The molecule has 5 nitrogen and oxygen atoms in total. The van der Waals surface area contributed by atoms with Gasteiger partial charge >= 0.3 is 0 Å². The van der Waals surface area contributed by atoms with E-state index in [1.54, 1.807) is 17.2 Å². The van der Waals surface area contributed by atoms with Crippen molar-refractivity contribution < 1.29 is 4.79 Å². The summed E-state index contributed by atoms with van der Waals surface area (Å²) in [6, 6.07) is 3.64. The van der Waals surface area contributed by atoms with Gasteiger partial charge < -0.3 is 4.90 Å². The molecule has 3 rings (SSSR count). The molecule has 0 aliphatic heterocycles. The van der Waals surface area contributed by atoms with E-state index in [2.05, 4.69) is 15.2 Å². The van der Waals surface area contributed by atoms with Gasteiger partial charge in [-0.1, -0.05) is 6.42 Å². The summed E-state index contributed by atoms with van der Waals surface area (Å²) >= 11 is 1.49. The highest BCUT2D eigenvalue weighted by Gasteiger charge is 2.21. The number of thioether (sulfide) groups is 1. The minimum absolute atomic E-state index is 0.00665. The number of amides is 1. The van der Waals surface area contributed by atoms with Crippen LogP contribution >= 0.6 is 11.8 Å². The molecule has 0 atom stereocenters. The molecule has 6 heteroatoms. The van der Waals surface area contributed by atoms with Gasteiger partial charge in [0, 0.05) is 18.9 Å². The Bertz CT molecular complexity index is 698. The van der Waals surface area contributed by atoms with Gasteiger partial charge in [0.25, 0.3) is 5.91 Å². The van der Waals surface area contributed by atoms with E-state index < -0.39 is 0 Å². The number of nitrogens with zero attached hydrogens (tertiary/aromatic N) is 3. The molecule has 1 aliphatic rings. The molecule has 2 heterocycles. The number of hydrogen-bond donors (Lipinski definition) is 1. The summed E-state index contributed by atoms with van der Waals surface area (Å²) in [4.78, 5) is 18.7. The maximum absolute atomic E-state index is 12.7. The van der Waals surface area contributed by atoms with Gasteiger partial charge in [0.1, 0.15) is 5.03 Å². The first-order chi connectivity index (χ1) is 11.2. The van der Waals surface area contributed by atoms with Crippen molar-refractivity contribution in [3.8, 4) is 0 Å². The number of aryl methyl sites for hydroxylation is 1. The number of nitrogens with one attached hydrogen (secondary N) is 1. The number of pyridine rings is 1. The Hall–Kier alpha value is -1.82. The highest BCUT2D eigenvalue weighted by molar-refractivity contribution is 7.98. The quantitative estimate of drug-likeness (QED) is 0.691. The number of carbonyl (C=O) groups is 1. The van der Waals surface area contributed by atoms with Crippen molar-refractivity contribution in [1.82, 2.24) is 20.1 Å². The predicted molar refractivity (Wildman–Crippen MR) is 91.7 cm³/mol. The number of fused-ring (bicyclic) bond motifs is 1. The summed E-state index contributed by atoms with van der Waals surface area (Å²) < 4.78 is 0. The van der Waals surface area contributed by atoms with E-state index in [9.17, 15) is 4.79 Å². The van der Waals surface area contributed by atoms with Gasteiger partial charge in [0.05, 0.1) is 17.8 Å². The van der Waals surface area contributed by atoms with Gasteiger partial charge in [0.15, 0.2) is 0 Å². The fourth-order valence-electron chi connectivity index (χ4n) is 3.08. The van der Waals surface area contributed by atoms with Gasteiger partial charge in [0.2, 0.25) is 0 Å². The molecule has 0 bridgehead atoms. The van der Waals surface area contributed by atoms with Crippen LogP contribution in [0, 0.1) is 0 Å². The zero-order valence-corrected chi connectivity index (χ0v) is 14.4. The average Bonchev–Trinajstić information content (AvgIpc) is 2.81. The van der Waals surface area contributed by atoms with E-state index in [-0.39, 0.29) is 5.91 Å². The lowest BCUT2D eigenvalue weighted by Gasteiger charge is -2.18. The van der Waals surface area contributed by atoms with Crippen molar-refractivity contribution in [3.05, 3.63) is 40.8 Å². The molecule has 1 N–H and O–H groups in total. The first kappa shape index (κ1) is 16.1. The molecule has 122 valence electrons. The molecule has 0 spiro atoms. The Balaban J connectivity index is 1.78.